The molecule has 0 saturated carbocycles. The smallest absolute Gasteiger partial charge is 0.357 e. The zero-order chi connectivity index (χ0) is 13.9. The largest absolute Gasteiger partial charge is 0.454 e. The van der Waals surface area contributed by atoms with Crippen molar-refractivity contribution in [1.29, 1.82) is 0 Å². The van der Waals surface area contributed by atoms with Crippen molar-refractivity contribution in [3.05, 3.63) is 65.3 Å². The predicted octanol–water partition coefficient (Wildman–Crippen LogP) is 2.74. The maximum absolute atomic E-state index is 11.7. The van der Waals surface area contributed by atoms with E-state index in [1.54, 1.807) is 53.3 Å². The maximum atomic E-state index is 11.7. The Hall–Kier alpha value is -2.40. The van der Waals surface area contributed by atoms with Crippen LogP contribution in [0.1, 0.15) is 16.2 Å². The van der Waals surface area contributed by atoms with Crippen molar-refractivity contribution in [3.8, 4) is 0 Å². The first kappa shape index (κ1) is 12.6. The predicted molar refractivity (Wildman–Crippen MR) is 73.6 cm³/mol. The molecule has 0 bridgehead atoms. The second-order valence-corrected chi connectivity index (χ2v) is 4.57. The van der Waals surface area contributed by atoms with Crippen LogP contribution in [0.3, 0.4) is 0 Å². The highest BCUT2D eigenvalue weighted by Crippen LogP contribution is 2.12. The minimum absolute atomic E-state index is 0.0920. The molecule has 0 N–H and O–H groups in total. The fraction of sp³-hybridized carbons (Fsp3) is 0.0714. The Kier molecular flexibility index (Phi) is 3.35. The van der Waals surface area contributed by atoms with Crippen molar-refractivity contribution in [2.75, 3.05) is 0 Å². The first-order valence-electron chi connectivity index (χ1n) is 5.94. The van der Waals surface area contributed by atoms with E-state index >= 15 is 0 Å². The summed E-state index contributed by atoms with van der Waals surface area (Å²) < 4.78 is 6.95. The summed E-state index contributed by atoms with van der Waals surface area (Å²) in [6, 6.07) is 8.63. The molecular formula is C14H10ClN3O2. The van der Waals surface area contributed by atoms with Crippen LogP contribution in [-0.4, -0.2) is 20.3 Å². The lowest BCUT2D eigenvalue weighted by atomic mass is 10.3. The minimum Gasteiger partial charge on any atom is -0.454 e. The Balaban J connectivity index is 1.72. The van der Waals surface area contributed by atoms with Gasteiger partial charge in [0.2, 0.25) is 0 Å². The third-order valence-corrected chi connectivity index (χ3v) is 2.91. The summed E-state index contributed by atoms with van der Waals surface area (Å²) in [4.78, 5) is 20.0. The van der Waals surface area contributed by atoms with Crippen molar-refractivity contribution >= 4 is 23.2 Å². The lowest BCUT2D eigenvalue weighted by Crippen LogP contribution is -2.07. The van der Waals surface area contributed by atoms with Crippen molar-refractivity contribution in [2.24, 2.45) is 0 Å². The molecule has 3 heterocycles. The van der Waals surface area contributed by atoms with Gasteiger partial charge in [-0.1, -0.05) is 17.7 Å². The van der Waals surface area contributed by atoms with Gasteiger partial charge in [-0.25, -0.2) is 14.8 Å². The zero-order valence-corrected chi connectivity index (χ0v) is 11.1. The summed E-state index contributed by atoms with van der Waals surface area (Å²) in [7, 11) is 0. The Morgan fingerprint density at radius 3 is 2.95 bits per heavy atom. The van der Waals surface area contributed by atoms with Crippen molar-refractivity contribution in [2.45, 2.75) is 6.61 Å². The van der Waals surface area contributed by atoms with Crippen LogP contribution in [0.2, 0.25) is 5.02 Å². The molecule has 0 unspecified atom stereocenters. The number of aromatic nitrogens is 3. The number of hydrogen-bond donors (Lipinski definition) is 0. The number of halogens is 1. The summed E-state index contributed by atoms with van der Waals surface area (Å²) in [6.45, 7) is 0.0920. The fourth-order valence-corrected chi connectivity index (χ4v) is 1.95. The van der Waals surface area contributed by atoms with Gasteiger partial charge in [0.1, 0.15) is 17.9 Å². The highest BCUT2D eigenvalue weighted by Gasteiger charge is 2.09. The molecule has 0 atom stereocenters. The van der Waals surface area contributed by atoms with Gasteiger partial charge < -0.3 is 9.14 Å². The molecule has 0 aliphatic heterocycles. The average molecular weight is 288 g/mol. The summed E-state index contributed by atoms with van der Waals surface area (Å²) in [6.07, 6.45) is 5.06. The molecule has 3 aromatic heterocycles. The molecule has 100 valence electrons. The fourth-order valence-electron chi connectivity index (χ4n) is 1.78. The Morgan fingerprint density at radius 1 is 1.25 bits per heavy atom. The SMILES string of the molecule is O=C(OCc1cn2cc(Cl)ccc2n1)c1ccccn1. The monoisotopic (exact) mass is 287 g/mol. The van der Waals surface area contributed by atoms with Crippen molar-refractivity contribution < 1.29 is 9.53 Å². The molecule has 3 rings (SSSR count). The molecule has 20 heavy (non-hydrogen) atoms. The number of esters is 1. The highest BCUT2D eigenvalue weighted by atomic mass is 35.5. The lowest BCUT2D eigenvalue weighted by Gasteiger charge is -2.01. The standard InChI is InChI=1S/C14H10ClN3O2/c15-10-4-5-13-17-11(8-18(13)7-10)9-20-14(19)12-3-1-2-6-16-12/h1-8H,9H2. The number of rotatable bonds is 3. The van der Waals surface area contributed by atoms with Gasteiger partial charge in [-0.05, 0) is 24.3 Å². The molecule has 0 spiro atoms. The van der Waals surface area contributed by atoms with Gasteiger partial charge in [0.05, 0.1) is 10.7 Å². The van der Waals surface area contributed by atoms with Gasteiger partial charge in [-0.15, -0.1) is 0 Å². The molecule has 0 saturated heterocycles. The lowest BCUT2D eigenvalue weighted by molar-refractivity contribution is 0.0461. The molecule has 0 aliphatic carbocycles. The van der Waals surface area contributed by atoms with E-state index in [1.165, 1.54) is 0 Å². The van der Waals surface area contributed by atoms with Gasteiger partial charge in [-0.2, -0.15) is 0 Å². The highest BCUT2D eigenvalue weighted by molar-refractivity contribution is 6.30. The van der Waals surface area contributed by atoms with Crippen LogP contribution in [0.15, 0.2) is 48.9 Å². The number of carbonyl (C=O) groups is 1. The Morgan fingerprint density at radius 2 is 2.15 bits per heavy atom. The van der Waals surface area contributed by atoms with Crippen LogP contribution in [0.5, 0.6) is 0 Å². The van der Waals surface area contributed by atoms with Gasteiger partial charge in [0.25, 0.3) is 0 Å². The third kappa shape index (κ3) is 2.62. The third-order valence-electron chi connectivity index (χ3n) is 2.69. The average Bonchev–Trinajstić information content (AvgIpc) is 2.87. The summed E-state index contributed by atoms with van der Waals surface area (Å²) in [5.74, 6) is -0.472. The van der Waals surface area contributed by atoms with E-state index in [0.29, 0.717) is 10.7 Å². The van der Waals surface area contributed by atoms with E-state index in [4.69, 9.17) is 16.3 Å². The first-order valence-corrected chi connectivity index (χ1v) is 6.31. The topological polar surface area (TPSA) is 56.5 Å². The van der Waals surface area contributed by atoms with E-state index in [2.05, 4.69) is 9.97 Å². The first-order chi connectivity index (χ1) is 9.72. The molecule has 0 fully saturated rings. The summed E-state index contributed by atoms with van der Waals surface area (Å²) >= 11 is 5.89. The zero-order valence-electron chi connectivity index (χ0n) is 10.4. The van der Waals surface area contributed by atoms with E-state index in [1.807, 2.05) is 0 Å². The summed E-state index contributed by atoms with van der Waals surface area (Å²) in [5.41, 5.74) is 1.68. The maximum Gasteiger partial charge on any atom is 0.357 e. The van der Waals surface area contributed by atoms with E-state index in [9.17, 15) is 4.79 Å². The number of carbonyl (C=O) groups excluding carboxylic acids is 1. The quantitative estimate of drug-likeness (QED) is 0.695. The molecule has 0 amide bonds. The van der Waals surface area contributed by atoms with Crippen LogP contribution in [0.25, 0.3) is 5.65 Å². The van der Waals surface area contributed by atoms with E-state index in [-0.39, 0.29) is 12.3 Å². The normalized spacial score (nSPS) is 10.7. The molecule has 0 radical (unpaired) electrons. The number of nitrogens with zero attached hydrogens (tertiary/aromatic N) is 3. The molecule has 3 aromatic rings. The number of fused-ring (bicyclic) bond motifs is 1. The number of hydrogen-bond acceptors (Lipinski definition) is 4. The molecule has 6 heteroatoms. The van der Waals surface area contributed by atoms with Crippen LogP contribution in [0.4, 0.5) is 0 Å². The van der Waals surface area contributed by atoms with Gasteiger partial charge >= 0.3 is 5.97 Å². The van der Waals surface area contributed by atoms with E-state index < -0.39 is 5.97 Å². The Labute approximate surface area is 119 Å². The van der Waals surface area contributed by atoms with Gasteiger partial charge in [0, 0.05) is 18.6 Å². The number of ether oxygens (including phenoxy) is 1. The molecule has 0 aromatic carbocycles. The second kappa shape index (κ2) is 5.30. The van der Waals surface area contributed by atoms with Crippen molar-refractivity contribution in [3.63, 3.8) is 0 Å². The van der Waals surface area contributed by atoms with Crippen LogP contribution in [-0.2, 0) is 11.3 Å². The molecular weight excluding hydrogens is 278 g/mol. The van der Waals surface area contributed by atoms with Crippen LogP contribution < -0.4 is 0 Å². The van der Waals surface area contributed by atoms with Crippen molar-refractivity contribution in [1.82, 2.24) is 14.4 Å². The van der Waals surface area contributed by atoms with Crippen LogP contribution >= 0.6 is 11.6 Å². The van der Waals surface area contributed by atoms with Crippen LogP contribution in [0, 0.1) is 0 Å². The summed E-state index contributed by atoms with van der Waals surface area (Å²) in [5, 5.41) is 0.618. The number of pyridine rings is 2. The Bertz CT molecular complexity index is 755. The second-order valence-electron chi connectivity index (χ2n) is 4.14. The van der Waals surface area contributed by atoms with Gasteiger partial charge in [0.15, 0.2) is 0 Å². The number of imidazole rings is 1. The molecule has 0 aliphatic rings. The molecule has 5 nitrogen and oxygen atoms in total. The van der Waals surface area contributed by atoms with Gasteiger partial charge in [-0.3, -0.25) is 0 Å². The van der Waals surface area contributed by atoms with E-state index in [0.717, 1.165) is 5.65 Å². The minimum atomic E-state index is -0.472.